The van der Waals surface area contributed by atoms with E-state index in [9.17, 15) is 14.9 Å². The van der Waals surface area contributed by atoms with Crippen LogP contribution in [0.4, 0.5) is 11.4 Å². The fraction of sp³-hybridized carbons (Fsp3) is 0.450. The minimum atomic E-state index is -0.400. The van der Waals surface area contributed by atoms with Crippen LogP contribution >= 0.6 is 0 Å². The Kier molecular flexibility index (Phi) is 5.48. The summed E-state index contributed by atoms with van der Waals surface area (Å²) in [7, 11) is 1.65. The van der Waals surface area contributed by atoms with E-state index in [1.165, 1.54) is 11.0 Å². The summed E-state index contributed by atoms with van der Waals surface area (Å²) in [6, 6.07) is 8.31. The Morgan fingerprint density at radius 2 is 2.00 bits per heavy atom. The van der Waals surface area contributed by atoms with Gasteiger partial charge in [0.2, 0.25) is 0 Å². The Balaban J connectivity index is 1.84. The molecule has 0 N–H and O–H groups in total. The molecule has 1 aliphatic rings. The maximum absolute atomic E-state index is 12.7. The number of piperidine rings is 1. The van der Waals surface area contributed by atoms with Crippen LogP contribution in [0.15, 0.2) is 41.0 Å². The molecule has 0 bridgehead atoms. The van der Waals surface area contributed by atoms with Crippen molar-refractivity contribution in [2.75, 3.05) is 25.0 Å². The van der Waals surface area contributed by atoms with E-state index in [1.54, 1.807) is 37.6 Å². The molecule has 0 aliphatic carbocycles. The molecule has 0 radical (unpaired) electrons. The summed E-state index contributed by atoms with van der Waals surface area (Å²) in [4.78, 5) is 27.5. The maximum Gasteiger partial charge on any atom is 0.293 e. The molecule has 1 aliphatic heterocycles. The van der Waals surface area contributed by atoms with Crippen LogP contribution in [-0.2, 0) is 6.54 Å². The molecular weight excluding hydrogens is 346 g/mol. The molecule has 0 saturated carbocycles. The molecule has 0 spiro atoms. The van der Waals surface area contributed by atoms with Crippen LogP contribution in [0.2, 0.25) is 0 Å². The van der Waals surface area contributed by atoms with E-state index in [1.807, 2.05) is 0 Å². The second-order valence-electron chi connectivity index (χ2n) is 7.55. The van der Waals surface area contributed by atoms with Crippen LogP contribution in [0.3, 0.4) is 0 Å². The van der Waals surface area contributed by atoms with Crippen LogP contribution in [0, 0.1) is 22.0 Å². The maximum atomic E-state index is 12.7. The summed E-state index contributed by atoms with van der Waals surface area (Å²) in [6.07, 6.45) is 2.67. The Bertz CT molecular complexity index is 809. The number of nitrogens with zero attached hydrogens (tertiary/aromatic N) is 3. The molecule has 1 saturated heterocycles. The monoisotopic (exact) mass is 371 g/mol. The third-order valence-electron chi connectivity index (χ3n) is 4.95. The minimum absolute atomic E-state index is 0.0199. The Morgan fingerprint density at radius 3 is 2.59 bits per heavy atom. The lowest BCUT2D eigenvalue weighted by atomic mass is 9.91. The molecule has 3 rings (SSSR count). The van der Waals surface area contributed by atoms with Gasteiger partial charge in [-0.05, 0) is 42.5 Å². The number of anilines is 1. The molecule has 2 heterocycles. The van der Waals surface area contributed by atoms with Gasteiger partial charge in [0.05, 0.1) is 17.7 Å². The zero-order chi connectivity index (χ0) is 19.6. The van der Waals surface area contributed by atoms with Crippen molar-refractivity contribution in [2.24, 2.45) is 11.8 Å². The van der Waals surface area contributed by atoms with E-state index in [4.69, 9.17) is 4.42 Å². The number of carbonyl (C=O) groups is 1. The summed E-state index contributed by atoms with van der Waals surface area (Å²) in [5.41, 5.74) is 0.870. The van der Waals surface area contributed by atoms with Crippen LogP contribution in [0.5, 0.6) is 0 Å². The fourth-order valence-corrected chi connectivity index (χ4v) is 3.86. The highest BCUT2D eigenvalue weighted by atomic mass is 16.6. The van der Waals surface area contributed by atoms with Crippen molar-refractivity contribution in [1.82, 2.24) is 4.90 Å². The number of rotatable bonds is 5. The highest BCUT2D eigenvalue weighted by molar-refractivity contribution is 5.95. The van der Waals surface area contributed by atoms with Gasteiger partial charge >= 0.3 is 0 Å². The lowest BCUT2D eigenvalue weighted by Gasteiger charge is -2.36. The first kappa shape index (κ1) is 18.9. The van der Waals surface area contributed by atoms with E-state index in [-0.39, 0.29) is 11.6 Å². The van der Waals surface area contributed by atoms with Gasteiger partial charge in [-0.3, -0.25) is 14.9 Å². The molecule has 1 aromatic carbocycles. The van der Waals surface area contributed by atoms with Gasteiger partial charge in [-0.25, -0.2) is 0 Å². The van der Waals surface area contributed by atoms with E-state index in [0.717, 1.165) is 19.5 Å². The van der Waals surface area contributed by atoms with Gasteiger partial charge in [-0.1, -0.05) is 13.8 Å². The normalized spacial score (nSPS) is 19.7. The number of hydrogen-bond acceptors (Lipinski definition) is 5. The first-order valence-electron chi connectivity index (χ1n) is 9.16. The summed E-state index contributed by atoms with van der Waals surface area (Å²) in [5.74, 6) is 1.35. The molecule has 2 atom stereocenters. The Labute approximate surface area is 158 Å². The topological polar surface area (TPSA) is 79.8 Å². The van der Waals surface area contributed by atoms with Crippen LogP contribution < -0.4 is 4.90 Å². The van der Waals surface area contributed by atoms with E-state index in [2.05, 4.69) is 18.7 Å². The minimum Gasteiger partial charge on any atom is -0.467 e. The van der Waals surface area contributed by atoms with E-state index in [0.29, 0.717) is 35.4 Å². The smallest absolute Gasteiger partial charge is 0.293 e. The quantitative estimate of drug-likeness (QED) is 0.587. The van der Waals surface area contributed by atoms with E-state index < -0.39 is 4.92 Å². The number of amides is 1. The molecule has 7 nitrogen and oxygen atoms in total. The molecule has 2 aromatic rings. The van der Waals surface area contributed by atoms with Gasteiger partial charge in [0, 0.05) is 31.8 Å². The second-order valence-corrected chi connectivity index (χ2v) is 7.55. The van der Waals surface area contributed by atoms with Crippen molar-refractivity contribution in [3.8, 4) is 0 Å². The Morgan fingerprint density at radius 1 is 1.30 bits per heavy atom. The highest BCUT2D eigenvalue weighted by Gasteiger charge is 2.28. The average molecular weight is 371 g/mol. The number of hydrogen-bond donors (Lipinski definition) is 0. The summed E-state index contributed by atoms with van der Waals surface area (Å²) in [6.45, 7) is 6.21. The zero-order valence-electron chi connectivity index (χ0n) is 15.9. The fourth-order valence-electron chi connectivity index (χ4n) is 3.86. The van der Waals surface area contributed by atoms with Crippen molar-refractivity contribution < 1.29 is 14.1 Å². The summed E-state index contributed by atoms with van der Waals surface area (Å²) < 4.78 is 5.26. The molecule has 1 fully saturated rings. The first-order chi connectivity index (χ1) is 12.8. The van der Waals surface area contributed by atoms with Gasteiger partial charge in [-0.15, -0.1) is 0 Å². The SMILES string of the molecule is CC1CC(C)CN(c2ccc(C(=O)N(C)Cc3ccco3)cc2[N+](=O)[O-])C1. The number of carbonyl (C=O) groups excluding carboxylic acids is 1. The van der Waals surface area contributed by atoms with Gasteiger partial charge in [0.15, 0.2) is 0 Å². The van der Waals surface area contributed by atoms with Crippen molar-refractivity contribution >= 4 is 17.3 Å². The lowest BCUT2D eigenvalue weighted by Crippen LogP contribution is -2.39. The van der Waals surface area contributed by atoms with Gasteiger partial charge in [0.1, 0.15) is 11.4 Å². The molecule has 2 unspecified atom stereocenters. The lowest BCUT2D eigenvalue weighted by molar-refractivity contribution is -0.384. The van der Waals surface area contributed by atoms with Crippen LogP contribution in [0.25, 0.3) is 0 Å². The van der Waals surface area contributed by atoms with Crippen molar-refractivity contribution in [1.29, 1.82) is 0 Å². The molecule has 27 heavy (non-hydrogen) atoms. The second kappa shape index (κ2) is 7.82. The summed E-state index contributed by atoms with van der Waals surface area (Å²) in [5, 5.41) is 11.7. The standard InChI is InChI=1S/C20H25N3O4/c1-14-9-15(2)12-22(11-14)18-7-6-16(10-19(18)23(25)26)20(24)21(3)13-17-5-4-8-27-17/h4-8,10,14-15H,9,11-13H2,1-3H3. The molecular formula is C20H25N3O4. The molecule has 144 valence electrons. The van der Waals surface area contributed by atoms with Crippen molar-refractivity contribution in [3.05, 3.63) is 58.0 Å². The van der Waals surface area contributed by atoms with Gasteiger partial charge < -0.3 is 14.2 Å². The molecule has 1 aromatic heterocycles. The largest absolute Gasteiger partial charge is 0.467 e. The molecule has 1 amide bonds. The molecule has 7 heteroatoms. The number of nitro benzene ring substituents is 1. The highest BCUT2D eigenvalue weighted by Crippen LogP contribution is 2.34. The average Bonchev–Trinajstić information content (AvgIpc) is 3.12. The predicted octanol–water partition coefficient (Wildman–Crippen LogP) is 3.94. The first-order valence-corrected chi connectivity index (χ1v) is 9.16. The van der Waals surface area contributed by atoms with Gasteiger partial charge in [-0.2, -0.15) is 0 Å². The number of benzene rings is 1. The van der Waals surface area contributed by atoms with Crippen LogP contribution in [-0.4, -0.2) is 35.9 Å². The van der Waals surface area contributed by atoms with Crippen molar-refractivity contribution in [3.63, 3.8) is 0 Å². The predicted molar refractivity (Wildman–Crippen MR) is 103 cm³/mol. The third-order valence-corrected chi connectivity index (χ3v) is 4.95. The Hall–Kier alpha value is -2.83. The third kappa shape index (κ3) is 4.30. The summed E-state index contributed by atoms with van der Waals surface area (Å²) >= 11 is 0. The zero-order valence-corrected chi connectivity index (χ0v) is 15.9. The van der Waals surface area contributed by atoms with Crippen molar-refractivity contribution in [2.45, 2.75) is 26.8 Å². The number of nitro groups is 1. The van der Waals surface area contributed by atoms with E-state index >= 15 is 0 Å². The number of furan rings is 1. The van der Waals surface area contributed by atoms with Gasteiger partial charge in [0.25, 0.3) is 11.6 Å². The van der Waals surface area contributed by atoms with Crippen LogP contribution in [0.1, 0.15) is 36.4 Å².